The second kappa shape index (κ2) is 3.27. The Morgan fingerprint density at radius 3 is 2.60 bits per heavy atom. The van der Waals surface area contributed by atoms with Gasteiger partial charge >= 0.3 is 5.69 Å². The highest BCUT2D eigenvalue weighted by molar-refractivity contribution is 5.40. The molecule has 0 amide bonds. The van der Waals surface area contributed by atoms with Crippen LogP contribution in [0.25, 0.3) is 0 Å². The van der Waals surface area contributed by atoms with E-state index in [9.17, 15) is 14.5 Å². The zero-order valence-corrected chi connectivity index (χ0v) is 7.94. The third-order valence-electron chi connectivity index (χ3n) is 2.91. The molecule has 0 atom stereocenters. The third kappa shape index (κ3) is 1.59. The first-order valence-corrected chi connectivity index (χ1v) is 4.64. The van der Waals surface area contributed by atoms with E-state index >= 15 is 0 Å². The molecule has 1 aromatic rings. The molecule has 1 aromatic carbocycles. The number of aliphatic hydroxyl groups excluding tert-OH is 1. The molecule has 0 spiro atoms. The largest absolute Gasteiger partial charge is 0.395 e. The van der Waals surface area contributed by atoms with Gasteiger partial charge in [-0.25, -0.2) is 0 Å². The average molecular weight is 211 g/mol. The summed E-state index contributed by atoms with van der Waals surface area (Å²) in [5.41, 5.74) is -0.226. The number of aliphatic hydroxyl groups is 1. The lowest BCUT2D eigenvalue weighted by Gasteiger charge is -2.11. The smallest absolute Gasteiger partial charge is 0.304 e. The van der Waals surface area contributed by atoms with Crippen LogP contribution in [0, 0.1) is 15.9 Å². The van der Waals surface area contributed by atoms with Gasteiger partial charge in [-0.1, -0.05) is 6.07 Å². The molecule has 80 valence electrons. The SMILES string of the molecule is O=[N+]([O-])c1ccc(C2(CO)CC2)cc1F. The predicted octanol–water partition coefficient (Wildman–Crippen LogP) is 1.76. The van der Waals surface area contributed by atoms with Gasteiger partial charge in [0, 0.05) is 11.5 Å². The van der Waals surface area contributed by atoms with Crippen molar-refractivity contribution in [2.75, 3.05) is 6.61 Å². The molecule has 15 heavy (non-hydrogen) atoms. The fourth-order valence-corrected chi connectivity index (χ4v) is 1.67. The quantitative estimate of drug-likeness (QED) is 0.612. The van der Waals surface area contributed by atoms with E-state index in [-0.39, 0.29) is 12.0 Å². The number of hydrogen-bond acceptors (Lipinski definition) is 3. The lowest BCUT2D eigenvalue weighted by Crippen LogP contribution is -2.12. The van der Waals surface area contributed by atoms with Crippen LogP contribution in [0.1, 0.15) is 18.4 Å². The van der Waals surface area contributed by atoms with Crippen LogP contribution in [-0.2, 0) is 5.41 Å². The molecule has 0 bridgehead atoms. The van der Waals surface area contributed by atoms with Crippen LogP contribution in [0.4, 0.5) is 10.1 Å². The van der Waals surface area contributed by atoms with Gasteiger partial charge in [0.25, 0.3) is 0 Å². The normalized spacial score (nSPS) is 17.5. The molecule has 1 N–H and O–H groups in total. The number of halogens is 1. The molecule has 0 aliphatic heterocycles. The summed E-state index contributed by atoms with van der Waals surface area (Å²) in [6, 6.07) is 3.83. The van der Waals surface area contributed by atoms with Crippen LogP contribution in [0.5, 0.6) is 0 Å². The van der Waals surface area contributed by atoms with Crippen molar-refractivity contribution in [3.8, 4) is 0 Å². The third-order valence-corrected chi connectivity index (χ3v) is 2.91. The number of rotatable bonds is 3. The molecule has 5 heteroatoms. The molecule has 1 aliphatic rings. The first kappa shape index (κ1) is 10.0. The van der Waals surface area contributed by atoms with E-state index < -0.39 is 16.4 Å². The molecule has 2 rings (SSSR count). The molecule has 0 saturated heterocycles. The van der Waals surface area contributed by atoms with Gasteiger partial charge in [-0.15, -0.1) is 0 Å². The molecule has 0 unspecified atom stereocenters. The Morgan fingerprint density at radius 2 is 2.20 bits per heavy atom. The van der Waals surface area contributed by atoms with Gasteiger partial charge in [0.1, 0.15) is 0 Å². The Labute approximate surface area is 85.5 Å². The Bertz CT molecular complexity index is 415. The van der Waals surface area contributed by atoms with Crippen molar-refractivity contribution in [1.29, 1.82) is 0 Å². The van der Waals surface area contributed by atoms with Gasteiger partial charge < -0.3 is 5.11 Å². The van der Waals surface area contributed by atoms with E-state index in [0.29, 0.717) is 5.56 Å². The zero-order chi connectivity index (χ0) is 11.1. The van der Waals surface area contributed by atoms with Crippen molar-refractivity contribution < 1.29 is 14.4 Å². The summed E-state index contributed by atoms with van der Waals surface area (Å²) in [6.45, 7) is -0.0374. The van der Waals surface area contributed by atoms with Crippen LogP contribution in [-0.4, -0.2) is 16.6 Å². The molecular formula is C10H10FNO3. The minimum atomic E-state index is -0.836. The van der Waals surface area contributed by atoms with E-state index in [4.69, 9.17) is 5.11 Å². The highest BCUT2D eigenvalue weighted by Gasteiger charge is 2.44. The summed E-state index contributed by atoms with van der Waals surface area (Å²) in [5.74, 6) is -0.836. The van der Waals surface area contributed by atoms with Crippen molar-refractivity contribution in [2.45, 2.75) is 18.3 Å². The summed E-state index contributed by atoms with van der Waals surface area (Å²) in [4.78, 5) is 9.63. The van der Waals surface area contributed by atoms with E-state index in [0.717, 1.165) is 25.0 Å². The maximum atomic E-state index is 13.3. The Kier molecular flexibility index (Phi) is 2.19. The van der Waals surface area contributed by atoms with Crippen LogP contribution in [0.3, 0.4) is 0 Å². The Balaban J connectivity index is 2.38. The maximum Gasteiger partial charge on any atom is 0.304 e. The number of nitrogens with zero attached hydrogens (tertiary/aromatic N) is 1. The van der Waals surface area contributed by atoms with E-state index in [2.05, 4.69) is 0 Å². The predicted molar refractivity (Wildman–Crippen MR) is 51.1 cm³/mol. The standard InChI is InChI=1S/C10H10FNO3/c11-8-5-7(10(6-13)3-4-10)1-2-9(8)12(14)15/h1-2,5,13H,3-4,6H2. The van der Waals surface area contributed by atoms with E-state index in [1.165, 1.54) is 6.07 Å². The number of nitro groups is 1. The van der Waals surface area contributed by atoms with Gasteiger partial charge in [-0.2, -0.15) is 4.39 Å². The monoisotopic (exact) mass is 211 g/mol. The lowest BCUT2D eigenvalue weighted by molar-refractivity contribution is -0.387. The molecular weight excluding hydrogens is 201 g/mol. The molecule has 0 aromatic heterocycles. The Hall–Kier alpha value is -1.49. The molecule has 1 fully saturated rings. The van der Waals surface area contributed by atoms with Crippen LogP contribution < -0.4 is 0 Å². The highest BCUT2D eigenvalue weighted by atomic mass is 19.1. The summed E-state index contributed by atoms with van der Waals surface area (Å²) >= 11 is 0. The minimum Gasteiger partial charge on any atom is -0.395 e. The van der Waals surface area contributed by atoms with Crippen LogP contribution >= 0.6 is 0 Å². The van der Waals surface area contributed by atoms with Crippen molar-refractivity contribution >= 4 is 5.69 Å². The van der Waals surface area contributed by atoms with E-state index in [1.807, 2.05) is 0 Å². The van der Waals surface area contributed by atoms with Crippen molar-refractivity contribution in [3.63, 3.8) is 0 Å². The summed E-state index contributed by atoms with van der Waals surface area (Å²) in [7, 11) is 0. The fourth-order valence-electron chi connectivity index (χ4n) is 1.67. The second-order valence-corrected chi connectivity index (χ2v) is 3.86. The summed E-state index contributed by atoms with van der Waals surface area (Å²) in [6.07, 6.45) is 1.61. The second-order valence-electron chi connectivity index (χ2n) is 3.86. The Morgan fingerprint density at radius 1 is 1.53 bits per heavy atom. The lowest BCUT2D eigenvalue weighted by atomic mass is 9.97. The first-order chi connectivity index (χ1) is 7.09. The molecule has 0 heterocycles. The molecule has 1 aliphatic carbocycles. The highest BCUT2D eigenvalue weighted by Crippen LogP contribution is 2.48. The fraction of sp³-hybridized carbons (Fsp3) is 0.400. The van der Waals surface area contributed by atoms with Crippen molar-refractivity contribution in [1.82, 2.24) is 0 Å². The number of hydrogen-bond donors (Lipinski definition) is 1. The number of nitro benzene ring substituents is 1. The summed E-state index contributed by atoms with van der Waals surface area (Å²) < 4.78 is 13.3. The maximum absolute atomic E-state index is 13.3. The summed E-state index contributed by atoms with van der Waals surface area (Å²) in [5, 5.41) is 19.5. The van der Waals surface area contributed by atoms with E-state index in [1.54, 1.807) is 0 Å². The topological polar surface area (TPSA) is 63.4 Å². The van der Waals surface area contributed by atoms with Crippen LogP contribution in [0.15, 0.2) is 18.2 Å². The van der Waals surface area contributed by atoms with Crippen molar-refractivity contribution in [2.24, 2.45) is 0 Å². The van der Waals surface area contributed by atoms with Crippen molar-refractivity contribution in [3.05, 3.63) is 39.7 Å². The zero-order valence-electron chi connectivity index (χ0n) is 7.94. The van der Waals surface area contributed by atoms with Gasteiger partial charge in [-0.3, -0.25) is 10.1 Å². The number of benzene rings is 1. The first-order valence-electron chi connectivity index (χ1n) is 4.64. The van der Waals surface area contributed by atoms with Gasteiger partial charge in [0.2, 0.25) is 5.82 Å². The molecule has 4 nitrogen and oxygen atoms in total. The molecule has 0 radical (unpaired) electrons. The van der Waals surface area contributed by atoms with Gasteiger partial charge in [0.15, 0.2) is 0 Å². The van der Waals surface area contributed by atoms with Gasteiger partial charge in [0.05, 0.1) is 11.5 Å². The average Bonchev–Trinajstić information content (AvgIpc) is 2.97. The van der Waals surface area contributed by atoms with Gasteiger partial charge in [-0.05, 0) is 24.5 Å². The molecule has 1 saturated carbocycles. The van der Waals surface area contributed by atoms with Crippen LogP contribution in [0.2, 0.25) is 0 Å². The minimum absolute atomic E-state index is 0.0374.